The Bertz CT molecular complexity index is 1170. The molecule has 0 radical (unpaired) electrons. The fourth-order valence-electron chi connectivity index (χ4n) is 4.03. The molecule has 3 amide bonds. The van der Waals surface area contributed by atoms with Gasteiger partial charge in [0.15, 0.2) is 0 Å². The van der Waals surface area contributed by atoms with Crippen molar-refractivity contribution >= 4 is 23.9 Å². The molecule has 0 fully saturated rings. The van der Waals surface area contributed by atoms with E-state index in [-0.39, 0.29) is 25.3 Å². The molecule has 212 valence electrons. The van der Waals surface area contributed by atoms with Crippen LogP contribution in [0.2, 0.25) is 0 Å². The number of carbonyl (C=O) groups is 4. The minimum atomic E-state index is -1.09. The number of amides is 3. The maximum atomic E-state index is 14.1. The van der Waals surface area contributed by atoms with Gasteiger partial charge in [-0.05, 0) is 75.9 Å². The molecule has 10 nitrogen and oxygen atoms in total. The highest BCUT2D eigenvalue weighted by atomic mass is 16.6. The van der Waals surface area contributed by atoms with Crippen molar-refractivity contribution < 1.29 is 33.8 Å². The summed E-state index contributed by atoms with van der Waals surface area (Å²) < 4.78 is 10.0. The number of aryl methyl sites for hydroxylation is 1. The lowest BCUT2D eigenvalue weighted by atomic mass is 9.94. The van der Waals surface area contributed by atoms with Crippen LogP contribution in [0.3, 0.4) is 0 Å². The molecule has 2 aromatic carbocycles. The number of alkyl carbamates (subject to hydrolysis) is 1. The van der Waals surface area contributed by atoms with E-state index in [1.807, 2.05) is 19.9 Å². The number of carbonyl (C=O) groups excluding carboxylic acids is 4. The van der Waals surface area contributed by atoms with E-state index in [2.05, 4.69) is 15.4 Å². The number of nitrogens with one attached hydrogen (secondary N) is 2. The van der Waals surface area contributed by atoms with E-state index in [9.17, 15) is 24.3 Å². The molecule has 3 N–H and O–H groups in total. The van der Waals surface area contributed by atoms with Gasteiger partial charge in [-0.2, -0.15) is 0 Å². The molecule has 2 unspecified atom stereocenters. The summed E-state index contributed by atoms with van der Waals surface area (Å²) in [6, 6.07) is 9.54. The van der Waals surface area contributed by atoms with E-state index in [1.165, 1.54) is 24.1 Å². The Balaban J connectivity index is 2.52. The number of hydrogen-bond donors (Lipinski definition) is 3. The van der Waals surface area contributed by atoms with Crippen LogP contribution in [0.5, 0.6) is 5.75 Å². The standard InChI is InChI=1S/C29H39N3O7/c1-8-32(25(26(35)30-17-24(34)38-7)22-11-9-10-18(2)19(22)3)27(36)23(31-28(37)39-29(4,5)6)16-20-12-14-21(33)15-13-20/h9-15,23,25,33H,8,16-17H2,1-7H3,(H,30,35)(H,31,37). The lowest BCUT2D eigenvalue weighted by molar-refractivity contribution is -0.144. The van der Waals surface area contributed by atoms with Gasteiger partial charge in [-0.15, -0.1) is 0 Å². The first kappa shape index (κ1) is 31.1. The summed E-state index contributed by atoms with van der Waals surface area (Å²) >= 11 is 0. The molecule has 0 aliphatic rings. The van der Waals surface area contributed by atoms with Crippen LogP contribution in [0.1, 0.15) is 56.0 Å². The summed E-state index contributed by atoms with van der Waals surface area (Å²) in [5.74, 6) is -1.65. The van der Waals surface area contributed by atoms with Gasteiger partial charge in [0.25, 0.3) is 0 Å². The zero-order chi connectivity index (χ0) is 29.3. The predicted molar refractivity (Wildman–Crippen MR) is 146 cm³/mol. The molecule has 2 rings (SSSR count). The lowest BCUT2D eigenvalue weighted by Crippen LogP contribution is -2.54. The minimum Gasteiger partial charge on any atom is -0.508 e. The van der Waals surface area contributed by atoms with Crippen molar-refractivity contribution in [2.75, 3.05) is 20.2 Å². The van der Waals surface area contributed by atoms with Crippen LogP contribution < -0.4 is 10.6 Å². The Morgan fingerprint density at radius 2 is 1.67 bits per heavy atom. The van der Waals surface area contributed by atoms with Crippen LogP contribution in [0.15, 0.2) is 42.5 Å². The number of rotatable bonds is 10. The van der Waals surface area contributed by atoms with Crippen LogP contribution in [-0.4, -0.2) is 65.7 Å². The summed E-state index contributed by atoms with van der Waals surface area (Å²) in [4.78, 5) is 53.5. The fourth-order valence-corrected chi connectivity index (χ4v) is 4.03. The van der Waals surface area contributed by atoms with E-state index in [1.54, 1.807) is 52.0 Å². The number of phenolic OH excluding ortho intramolecular Hbond substituents is 1. The normalized spacial score (nSPS) is 12.6. The highest BCUT2D eigenvalue weighted by Crippen LogP contribution is 2.27. The van der Waals surface area contributed by atoms with Crippen LogP contribution in [0.4, 0.5) is 4.79 Å². The van der Waals surface area contributed by atoms with Gasteiger partial charge in [-0.3, -0.25) is 14.4 Å². The summed E-state index contributed by atoms with van der Waals surface area (Å²) in [7, 11) is 1.22. The monoisotopic (exact) mass is 541 g/mol. The molecule has 0 saturated heterocycles. The molecule has 2 aromatic rings. The highest BCUT2D eigenvalue weighted by Gasteiger charge is 2.36. The molecule has 0 aliphatic carbocycles. The van der Waals surface area contributed by atoms with Crippen LogP contribution >= 0.6 is 0 Å². The Morgan fingerprint density at radius 3 is 2.23 bits per heavy atom. The van der Waals surface area contributed by atoms with Crippen molar-refractivity contribution in [2.45, 2.75) is 65.6 Å². The molecule has 0 spiro atoms. The molecule has 10 heteroatoms. The van der Waals surface area contributed by atoms with Crippen molar-refractivity contribution in [3.63, 3.8) is 0 Å². The van der Waals surface area contributed by atoms with Crippen molar-refractivity contribution in [3.8, 4) is 5.75 Å². The van der Waals surface area contributed by atoms with E-state index in [0.717, 1.165) is 11.1 Å². The third-order valence-electron chi connectivity index (χ3n) is 6.12. The number of nitrogens with zero attached hydrogens (tertiary/aromatic N) is 1. The maximum absolute atomic E-state index is 14.1. The number of likely N-dealkylation sites (N-methyl/N-ethyl adjacent to an activating group) is 1. The number of phenols is 1. The lowest BCUT2D eigenvalue weighted by Gasteiger charge is -2.34. The summed E-state index contributed by atoms with van der Waals surface area (Å²) in [5, 5.41) is 14.9. The fraction of sp³-hybridized carbons (Fsp3) is 0.448. The smallest absolute Gasteiger partial charge is 0.408 e. The molecule has 2 atom stereocenters. The van der Waals surface area contributed by atoms with E-state index >= 15 is 0 Å². The van der Waals surface area contributed by atoms with Crippen molar-refractivity contribution in [3.05, 3.63) is 64.7 Å². The van der Waals surface area contributed by atoms with Gasteiger partial charge in [-0.1, -0.05) is 30.3 Å². The molecule has 0 saturated carbocycles. The van der Waals surface area contributed by atoms with Gasteiger partial charge >= 0.3 is 12.1 Å². The molecular formula is C29H39N3O7. The Morgan fingerprint density at radius 1 is 1.03 bits per heavy atom. The van der Waals surface area contributed by atoms with Crippen molar-refractivity contribution in [1.82, 2.24) is 15.5 Å². The Kier molecular flexibility index (Phi) is 10.9. The first-order valence-corrected chi connectivity index (χ1v) is 12.8. The van der Waals surface area contributed by atoms with Crippen LogP contribution in [0.25, 0.3) is 0 Å². The average molecular weight is 542 g/mol. The molecule has 0 aromatic heterocycles. The van der Waals surface area contributed by atoms with E-state index < -0.39 is 41.6 Å². The van der Waals surface area contributed by atoms with Gasteiger partial charge in [0.05, 0.1) is 7.11 Å². The number of methoxy groups -OCH3 is 1. The quantitative estimate of drug-likeness (QED) is 0.393. The number of esters is 1. The maximum Gasteiger partial charge on any atom is 0.408 e. The van der Waals surface area contributed by atoms with Gasteiger partial charge in [-0.25, -0.2) is 4.79 Å². The molecule has 0 heterocycles. The second-order valence-electron chi connectivity index (χ2n) is 10.2. The summed E-state index contributed by atoms with van der Waals surface area (Å²) in [6.45, 7) is 10.4. The Labute approximate surface area is 229 Å². The number of ether oxygens (including phenoxy) is 2. The highest BCUT2D eigenvalue weighted by molar-refractivity contribution is 5.93. The zero-order valence-corrected chi connectivity index (χ0v) is 23.7. The molecule has 0 aliphatic heterocycles. The predicted octanol–water partition coefficient (Wildman–Crippen LogP) is 3.32. The van der Waals surface area contributed by atoms with Crippen molar-refractivity contribution in [1.29, 1.82) is 0 Å². The second kappa shape index (κ2) is 13.6. The number of aromatic hydroxyl groups is 1. The van der Waals surface area contributed by atoms with Gasteiger partial charge < -0.3 is 30.1 Å². The topological polar surface area (TPSA) is 134 Å². The first-order valence-electron chi connectivity index (χ1n) is 12.8. The zero-order valence-electron chi connectivity index (χ0n) is 23.7. The largest absolute Gasteiger partial charge is 0.508 e. The Hall–Kier alpha value is -4.08. The SMILES string of the molecule is CCN(C(=O)C(Cc1ccc(O)cc1)NC(=O)OC(C)(C)C)C(C(=O)NCC(=O)OC)c1cccc(C)c1C. The van der Waals surface area contributed by atoms with E-state index in [0.29, 0.717) is 11.1 Å². The van der Waals surface area contributed by atoms with Crippen LogP contribution in [0, 0.1) is 13.8 Å². The first-order chi connectivity index (χ1) is 18.3. The van der Waals surface area contributed by atoms with Crippen molar-refractivity contribution in [2.24, 2.45) is 0 Å². The van der Waals surface area contributed by atoms with Gasteiger partial charge in [0, 0.05) is 13.0 Å². The third-order valence-corrected chi connectivity index (χ3v) is 6.12. The molecular weight excluding hydrogens is 502 g/mol. The van der Waals surface area contributed by atoms with Crippen LogP contribution in [-0.2, 0) is 30.3 Å². The second-order valence-corrected chi connectivity index (χ2v) is 10.2. The average Bonchev–Trinajstić information content (AvgIpc) is 2.87. The van der Waals surface area contributed by atoms with Gasteiger partial charge in [0.1, 0.15) is 30.0 Å². The molecule has 39 heavy (non-hydrogen) atoms. The van der Waals surface area contributed by atoms with E-state index in [4.69, 9.17) is 4.74 Å². The third kappa shape index (κ3) is 9.01. The molecule has 0 bridgehead atoms. The minimum absolute atomic E-state index is 0.0641. The number of hydrogen-bond acceptors (Lipinski definition) is 7. The summed E-state index contributed by atoms with van der Waals surface area (Å²) in [5.41, 5.74) is 2.21. The van der Waals surface area contributed by atoms with Gasteiger partial charge in [0.2, 0.25) is 11.8 Å². The number of benzene rings is 2. The summed E-state index contributed by atoms with van der Waals surface area (Å²) in [6.07, 6.45) is -0.702.